The average Bonchev–Trinajstić information content (AvgIpc) is 2.92. The fourth-order valence-electron chi connectivity index (χ4n) is 2.67. The van der Waals surface area contributed by atoms with Gasteiger partial charge < -0.3 is 15.0 Å². The predicted molar refractivity (Wildman–Crippen MR) is 89.2 cm³/mol. The highest BCUT2D eigenvalue weighted by Gasteiger charge is 2.33. The number of rotatable bonds is 7. The number of nitrogens with zero attached hydrogens (tertiary/aromatic N) is 1. The molecule has 0 aliphatic carbocycles. The van der Waals surface area contributed by atoms with Gasteiger partial charge in [-0.05, 0) is 30.0 Å². The zero-order valence-corrected chi connectivity index (χ0v) is 14.2. The normalized spacial score (nSPS) is 17.7. The van der Waals surface area contributed by atoms with Crippen LogP contribution < -0.4 is 10.1 Å². The van der Waals surface area contributed by atoms with Crippen LogP contribution in [0.25, 0.3) is 0 Å². The van der Waals surface area contributed by atoms with Crippen molar-refractivity contribution >= 4 is 11.8 Å². The van der Waals surface area contributed by atoms with Crippen molar-refractivity contribution in [3.05, 3.63) is 29.8 Å². The summed E-state index contributed by atoms with van der Waals surface area (Å²) in [4.78, 5) is 26.0. The fraction of sp³-hybridized carbons (Fsp3) is 0.556. The molecule has 0 spiro atoms. The molecule has 5 heteroatoms. The van der Waals surface area contributed by atoms with Crippen molar-refractivity contribution in [2.45, 2.75) is 26.7 Å². The molecule has 23 heavy (non-hydrogen) atoms. The molecule has 1 saturated heterocycles. The Labute approximate surface area is 138 Å². The molecule has 2 rings (SSSR count). The van der Waals surface area contributed by atoms with Crippen molar-refractivity contribution in [1.29, 1.82) is 0 Å². The Bertz CT molecular complexity index is 540. The molecule has 2 amide bonds. The zero-order valence-electron chi connectivity index (χ0n) is 14.2. The van der Waals surface area contributed by atoms with Gasteiger partial charge in [0.2, 0.25) is 11.8 Å². The third-order valence-electron chi connectivity index (χ3n) is 4.10. The summed E-state index contributed by atoms with van der Waals surface area (Å²) >= 11 is 0. The lowest BCUT2D eigenvalue weighted by molar-refractivity contribution is -0.129. The molecule has 1 N–H and O–H groups in total. The van der Waals surface area contributed by atoms with Crippen LogP contribution in [0.1, 0.15) is 25.8 Å². The highest BCUT2D eigenvalue weighted by Crippen LogP contribution is 2.19. The minimum Gasteiger partial charge on any atom is -0.497 e. The van der Waals surface area contributed by atoms with Gasteiger partial charge in [0.15, 0.2) is 0 Å². The minimum absolute atomic E-state index is 0.000928. The van der Waals surface area contributed by atoms with Crippen molar-refractivity contribution in [3.63, 3.8) is 0 Å². The summed E-state index contributed by atoms with van der Waals surface area (Å²) in [5.74, 6) is 1.11. The van der Waals surface area contributed by atoms with Crippen LogP contribution >= 0.6 is 0 Å². The topological polar surface area (TPSA) is 58.6 Å². The van der Waals surface area contributed by atoms with Crippen molar-refractivity contribution in [3.8, 4) is 5.75 Å². The van der Waals surface area contributed by atoms with E-state index in [-0.39, 0.29) is 17.7 Å². The molecular weight excluding hydrogens is 292 g/mol. The second-order valence-corrected chi connectivity index (χ2v) is 6.48. The summed E-state index contributed by atoms with van der Waals surface area (Å²) in [7, 11) is 1.64. The van der Waals surface area contributed by atoms with Gasteiger partial charge in [0.25, 0.3) is 0 Å². The minimum atomic E-state index is -0.211. The predicted octanol–water partition coefficient (Wildman–Crippen LogP) is 1.86. The Balaban J connectivity index is 1.81. The number of nitrogens with one attached hydrogen (secondary N) is 1. The summed E-state index contributed by atoms with van der Waals surface area (Å²) in [6.07, 6.45) is 1.11. The van der Waals surface area contributed by atoms with Crippen molar-refractivity contribution in [2.75, 3.05) is 26.7 Å². The average molecular weight is 318 g/mol. The smallest absolute Gasteiger partial charge is 0.225 e. The van der Waals surface area contributed by atoms with E-state index >= 15 is 0 Å². The standard InChI is InChI=1S/C18H26N2O3/c1-13(2)11-19-18(22)15-10-17(21)20(12-15)9-8-14-4-6-16(23-3)7-5-14/h4-7,13,15H,8-12H2,1-3H3,(H,19,22). The van der Waals surface area contributed by atoms with E-state index in [1.807, 2.05) is 24.3 Å². The van der Waals surface area contributed by atoms with Crippen LogP contribution in [-0.2, 0) is 16.0 Å². The maximum Gasteiger partial charge on any atom is 0.225 e. The number of methoxy groups -OCH3 is 1. The van der Waals surface area contributed by atoms with Gasteiger partial charge in [0, 0.05) is 26.1 Å². The first-order chi connectivity index (χ1) is 11.0. The lowest BCUT2D eigenvalue weighted by Crippen LogP contribution is -2.35. The lowest BCUT2D eigenvalue weighted by atomic mass is 10.1. The number of hydrogen-bond donors (Lipinski definition) is 1. The first-order valence-electron chi connectivity index (χ1n) is 8.18. The van der Waals surface area contributed by atoms with Crippen molar-refractivity contribution in [1.82, 2.24) is 10.2 Å². The summed E-state index contributed by atoms with van der Waals surface area (Å²) in [6, 6.07) is 7.85. The SMILES string of the molecule is COc1ccc(CCN2CC(C(=O)NCC(C)C)CC2=O)cc1. The largest absolute Gasteiger partial charge is 0.497 e. The van der Waals surface area contributed by atoms with Crippen LogP contribution in [0.5, 0.6) is 5.75 Å². The first kappa shape index (κ1) is 17.3. The molecule has 5 nitrogen and oxygen atoms in total. The molecule has 0 saturated carbocycles. The molecule has 0 bridgehead atoms. The van der Waals surface area contributed by atoms with Gasteiger partial charge in [0.05, 0.1) is 13.0 Å². The number of carbonyl (C=O) groups excluding carboxylic acids is 2. The summed E-state index contributed by atoms with van der Waals surface area (Å²) in [6.45, 7) is 5.95. The molecule has 0 radical (unpaired) electrons. The molecule has 0 aromatic heterocycles. The van der Waals surface area contributed by atoms with Crippen LogP contribution in [0.3, 0.4) is 0 Å². The molecule has 1 atom stereocenters. The highest BCUT2D eigenvalue weighted by molar-refractivity contribution is 5.89. The molecule has 1 fully saturated rings. The fourth-order valence-corrected chi connectivity index (χ4v) is 2.67. The molecular formula is C18H26N2O3. The van der Waals surface area contributed by atoms with Crippen molar-refractivity contribution in [2.24, 2.45) is 11.8 Å². The van der Waals surface area contributed by atoms with Gasteiger partial charge in [-0.15, -0.1) is 0 Å². The third-order valence-corrected chi connectivity index (χ3v) is 4.10. The van der Waals surface area contributed by atoms with E-state index in [1.54, 1.807) is 12.0 Å². The summed E-state index contributed by atoms with van der Waals surface area (Å²) in [5.41, 5.74) is 1.16. The summed E-state index contributed by atoms with van der Waals surface area (Å²) in [5, 5.41) is 2.92. The van der Waals surface area contributed by atoms with Gasteiger partial charge in [-0.25, -0.2) is 0 Å². The van der Waals surface area contributed by atoms with Gasteiger partial charge in [0.1, 0.15) is 5.75 Å². The van der Waals surface area contributed by atoms with E-state index in [1.165, 1.54) is 0 Å². The van der Waals surface area contributed by atoms with Crippen LogP contribution in [0, 0.1) is 11.8 Å². The molecule has 1 unspecified atom stereocenters. The van der Waals surface area contributed by atoms with Crippen molar-refractivity contribution < 1.29 is 14.3 Å². The number of ether oxygens (including phenoxy) is 1. The Hall–Kier alpha value is -2.04. The van der Waals surface area contributed by atoms with E-state index in [0.29, 0.717) is 32.0 Å². The highest BCUT2D eigenvalue weighted by atomic mass is 16.5. The number of amides is 2. The van der Waals surface area contributed by atoms with Gasteiger partial charge in [-0.2, -0.15) is 0 Å². The van der Waals surface area contributed by atoms with Crippen LogP contribution in [0.4, 0.5) is 0 Å². The van der Waals surface area contributed by atoms with Crippen LogP contribution in [0.2, 0.25) is 0 Å². The van der Waals surface area contributed by atoms with Crippen LogP contribution in [0.15, 0.2) is 24.3 Å². The molecule has 1 heterocycles. The zero-order chi connectivity index (χ0) is 16.8. The quantitative estimate of drug-likeness (QED) is 0.835. The molecule has 1 aliphatic heterocycles. The number of carbonyl (C=O) groups is 2. The van der Waals surface area contributed by atoms with Gasteiger partial charge >= 0.3 is 0 Å². The third kappa shape index (κ3) is 4.98. The van der Waals surface area contributed by atoms with Crippen LogP contribution in [-0.4, -0.2) is 43.5 Å². The maximum atomic E-state index is 12.1. The monoisotopic (exact) mass is 318 g/mol. The molecule has 126 valence electrons. The Morgan fingerprint density at radius 2 is 2.04 bits per heavy atom. The molecule has 1 aliphatic rings. The van der Waals surface area contributed by atoms with Gasteiger partial charge in [-0.3, -0.25) is 9.59 Å². The summed E-state index contributed by atoms with van der Waals surface area (Å²) < 4.78 is 5.14. The Morgan fingerprint density at radius 1 is 1.35 bits per heavy atom. The second kappa shape index (κ2) is 7.99. The molecule has 1 aromatic rings. The molecule has 1 aromatic carbocycles. The number of likely N-dealkylation sites (tertiary alicyclic amines) is 1. The van der Waals surface area contributed by atoms with E-state index in [9.17, 15) is 9.59 Å². The lowest BCUT2D eigenvalue weighted by Gasteiger charge is -2.17. The second-order valence-electron chi connectivity index (χ2n) is 6.48. The van der Waals surface area contributed by atoms with E-state index in [0.717, 1.165) is 17.7 Å². The first-order valence-corrected chi connectivity index (χ1v) is 8.18. The maximum absolute atomic E-state index is 12.1. The Kier molecular flexibility index (Phi) is 6.02. The number of hydrogen-bond acceptors (Lipinski definition) is 3. The van der Waals surface area contributed by atoms with Gasteiger partial charge in [-0.1, -0.05) is 26.0 Å². The van der Waals surface area contributed by atoms with E-state index in [2.05, 4.69) is 19.2 Å². The number of benzene rings is 1. The van der Waals surface area contributed by atoms with E-state index < -0.39 is 0 Å². The van der Waals surface area contributed by atoms with E-state index in [4.69, 9.17) is 4.74 Å². The Morgan fingerprint density at radius 3 is 2.65 bits per heavy atom.